The van der Waals surface area contributed by atoms with Crippen molar-refractivity contribution in [3.05, 3.63) is 36.5 Å². The molecular formula is C20H32O3. The molecule has 2 atom stereocenters. The largest absolute Gasteiger partial charge is 0.481 e. The first kappa shape index (κ1) is 19.7. The number of hydrogen-bond acceptors (Lipinski definition) is 2. The van der Waals surface area contributed by atoms with E-state index in [0.717, 1.165) is 32.1 Å². The van der Waals surface area contributed by atoms with Crippen molar-refractivity contribution in [2.45, 2.75) is 83.3 Å². The number of allylic oxidation sites excluding steroid dienone is 5. The van der Waals surface area contributed by atoms with Gasteiger partial charge in [-0.2, -0.15) is 0 Å². The number of unbranched alkanes of at least 4 members (excludes halogenated alkanes) is 4. The van der Waals surface area contributed by atoms with Crippen molar-refractivity contribution < 1.29 is 14.6 Å². The van der Waals surface area contributed by atoms with E-state index >= 15 is 0 Å². The molecule has 0 unspecified atom stereocenters. The Kier molecular flexibility index (Phi) is 11.2. The minimum absolute atomic E-state index is 0.263. The van der Waals surface area contributed by atoms with Gasteiger partial charge in [-0.05, 0) is 38.5 Å². The maximum atomic E-state index is 10.3. The molecular weight excluding hydrogens is 288 g/mol. The van der Waals surface area contributed by atoms with Gasteiger partial charge in [-0.3, -0.25) is 4.79 Å². The molecule has 0 aromatic heterocycles. The van der Waals surface area contributed by atoms with Crippen molar-refractivity contribution in [2.75, 3.05) is 0 Å². The third kappa shape index (κ3) is 11.8. The molecule has 1 aliphatic heterocycles. The number of carboxylic acid groups (broad SMARTS) is 1. The highest BCUT2D eigenvalue weighted by atomic mass is 16.6. The molecule has 1 heterocycles. The summed E-state index contributed by atoms with van der Waals surface area (Å²) in [4.78, 5) is 10.3. The van der Waals surface area contributed by atoms with Crippen LogP contribution >= 0.6 is 0 Å². The summed E-state index contributed by atoms with van der Waals surface area (Å²) >= 11 is 0. The summed E-state index contributed by atoms with van der Waals surface area (Å²) in [7, 11) is 0. The minimum atomic E-state index is -0.711. The van der Waals surface area contributed by atoms with Crippen molar-refractivity contribution in [2.24, 2.45) is 0 Å². The molecule has 0 saturated carbocycles. The molecule has 1 aliphatic rings. The quantitative estimate of drug-likeness (QED) is 0.201. The van der Waals surface area contributed by atoms with Crippen LogP contribution in [0, 0.1) is 0 Å². The second kappa shape index (κ2) is 13.1. The van der Waals surface area contributed by atoms with Gasteiger partial charge >= 0.3 is 5.97 Å². The van der Waals surface area contributed by atoms with Crippen LogP contribution in [0.3, 0.4) is 0 Å². The minimum Gasteiger partial charge on any atom is -0.481 e. The molecule has 0 aromatic rings. The Morgan fingerprint density at radius 3 is 2.48 bits per heavy atom. The Labute approximate surface area is 141 Å². The number of epoxide rings is 1. The van der Waals surface area contributed by atoms with E-state index in [1.807, 2.05) is 0 Å². The lowest BCUT2D eigenvalue weighted by Crippen LogP contribution is -1.92. The van der Waals surface area contributed by atoms with Gasteiger partial charge in [0.15, 0.2) is 0 Å². The summed E-state index contributed by atoms with van der Waals surface area (Å²) in [6, 6.07) is 0. The lowest BCUT2D eigenvalue weighted by atomic mass is 10.1. The molecule has 3 heteroatoms. The third-order valence-corrected chi connectivity index (χ3v) is 3.96. The summed E-state index contributed by atoms with van der Waals surface area (Å²) in [5.41, 5.74) is 0. The maximum absolute atomic E-state index is 10.3. The normalized spacial score (nSPS) is 20.9. The molecule has 1 N–H and O–H groups in total. The highest BCUT2D eigenvalue weighted by Gasteiger charge is 2.36. The van der Waals surface area contributed by atoms with Gasteiger partial charge in [0.1, 0.15) is 0 Å². The first-order valence-corrected chi connectivity index (χ1v) is 9.08. The van der Waals surface area contributed by atoms with Gasteiger partial charge < -0.3 is 9.84 Å². The summed E-state index contributed by atoms with van der Waals surface area (Å²) in [6.45, 7) is 2.23. The van der Waals surface area contributed by atoms with Gasteiger partial charge in [0.05, 0.1) is 12.2 Å². The van der Waals surface area contributed by atoms with E-state index < -0.39 is 5.97 Å². The predicted molar refractivity (Wildman–Crippen MR) is 95.6 cm³/mol. The number of carboxylic acids is 1. The number of ether oxygens (including phenoxy) is 1. The molecule has 0 bridgehead atoms. The average Bonchev–Trinajstić information content (AvgIpc) is 3.27. The lowest BCUT2D eigenvalue weighted by molar-refractivity contribution is -0.137. The van der Waals surface area contributed by atoms with Crippen LogP contribution in [0.25, 0.3) is 0 Å². The SMILES string of the molecule is CCCCC[C@H]1O[C@H]1C/C=C/C=C/CC/C=C/CCCC(=O)O. The van der Waals surface area contributed by atoms with Crippen molar-refractivity contribution in [1.82, 2.24) is 0 Å². The molecule has 0 radical (unpaired) electrons. The Balaban J connectivity index is 1.90. The van der Waals surface area contributed by atoms with Gasteiger partial charge in [-0.1, -0.05) is 62.6 Å². The molecule has 1 fully saturated rings. The van der Waals surface area contributed by atoms with Crippen LogP contribution in [0.15, 0.2) is 36.5 Å². The zero-order valence-corrected chi connectivity index (χ0v) is 14.5. The molecule has 1 saturated heterocycles. The summed E-state index contributed by atoms with van der Waals surface area (Å²) in [6.07, 6.45) is 23.8. The van der Waals surface area contributed by atoms with Crippen LogP contribution in [0.5, 0.6) is 0 Å². The molecule has 3 nitrogen and oxygen atoms in total. The highest BCUT2D eigenvalue weighted by Crippen LogP contribution is 2.30. The van der Waals surface area contributed by atoms with Gasteiger partial charge in [-0.25, -0.2) is 0 Å². The summed E-state index contributed by atoms with van der Waals surface area (Å²) in [5, 5.41) is 8.51. The van der Waals surface area contributed by atoms with Crippen molar-refractivity contribution in [1.29, 1.82) is 0 Å². The average molecular weight is 320 g/mol. The van der Waals surface area contributed by atoms with Gasteiger partial charge in [0.2, 0.25) is 0 Å². The fourth-order valence-electron chi connectivity index (χ4n) is 2.50. The first-order valence-electron chi connectivity index (χ1n) is 9.08. The van der Waals surface area contributed by atoms with E-state index in [4.69, 9.17) is 9.84 Å². The van der Waals surface area contributed by atoms with Crippen molar-refractivity contribution >= 4 is 5.97 Å². The fraction of sp³-hybridized carbons (Fsp3) is 0.650. The monoisotopic (exact) mass is 320 g/mol. The number of hydrogen-bond donors (Lipinski definition) is 1. The van der Waals surface area contributed by atoms with Crippen LogP contribution in [0.2, 0.25) is 0 Å². The topological polar surface area (TPSA) is 49.8 Å². The van der Waals surface area contributed by atoms with E-state index in [-0.39, 0.29) is 6.42 Å². The summed E-state index contributed by atoms with van der Waals surface area (Å²) in [5.74, 6) is -0.711. The van der Waals surface area contributed by atoms with Gasteiger partial charge in [-0.15, -0.1) is 0 Å². The van der Waals surface area contributed by atoms with E-state index in [1.165, 1.54) is 25.7 Å². The zero-order valence-electron chi connectivity index (χ0n) is 14.5. The summed E-state index contributed by atoms with van der Waals surface area (Å²) < 4.78 is 5.65. The van der Waals surface area contributed by atoms with Crippen molar-refractivity contribution in [3.63, 3.8) is 0 Å². The second-order valence-electron chi connectivity index (χ2n) is 6.14. The van der Waals surface area contributed by atoms with Crippen LogP contribution in [0.1, 0.15) is 71.1 Å². The van der Waals surface area contributed by atoms with Crippen LogP contribution in [-0.4, -0.2) is 23.3 Å². The van der Waals surface area contributed by atoms with Gasteiger partial charge in [0.25, 0.3) is 0 Å². The molecule has 23 heavy (non-hydrogen) atoms. The van der Waals surface area contributed by atoms with Crippen LogP contribution < -0.4 is 0 Å². The molecule has 1 rings (SSSR count). The van der Waals surface area contributed by atoms with Crippen LogP contribution in [-0.2, 0) is 9.53 Å². The fourth-order valence-corrected chi connectivity index (χ4v) is 2.50. The van der Waals surface area contributed by atoms with Crippen LogP contribution in [0.4, 0.5) is 0 Å². The molecule has 0 aromatic carbocycles. The van der Waals surface area contributed by atoms with E-state index in [1.54, 1.807) is 0 Å². The van der Waals surface area contributed by atoms with E-state index in [2.05, 4.69) is 43.4 Å². The smallest absolute Gasteiger partial charge is 0.303 e. The molecule has 130 valence electrons. The first-order chi connectivity index (χ1) is 11.2. The Bertz CT molecular complexity index is 396. The van der Waals surface area contributed by atoms with Gasteiger partial charge in [0, 0.05) is 6.42 Å². The van der Waals surface area contributed by atoms with E-state index in [0.29, 0.717) is 12.2 Å². The predicted octanol–water partition coefficient (Wildman–Crippen LogP) is 5.43. The Morgan fingerprint density at radius 1 is 0.957 bits per heavy atom. The molecule has 0 amide bonds. The second-order valence-corrected chi connectivity index (χ2v) is 6.14. The zero-order chi connectivity index (χ0) is 16.8. The molecule has 0 aliphatic carbocycles. The third-order valence-electron chi connectivity index (χ3n) is 3.96. The lowest BCUT2D eigenvalue weighted by Gasteiger charge is -1.93. The Morgan fingerprint density at radius 2 is 1.70 bits per heavy atom. The molecule has 0 spiro atoms. The number of rotatable bonds is 14. The maximum Gasteiger partial charge on any atom is 0.303 e. The standard InChI is InChI=1S/C20H32O3/c1-2-3-12-15-18-19(23-18)16-13-10-8-6-4-5-7-9-11-14-17-20(21)22/h6-10,13,18-19H,2-5,11-12,14-17H2,1H3,(H,21,22)/b8-6+,9-7+,13-10+/t18-,19+/m1/s1. The number of carbonyl (C=O) groups is 1. The van der Waals surface area contributed by atoms with Crippen molar-refractivity contribution in [3.8, 4) is 0 Å². The Hall–Kier alpha value is -1.35. The number of aliphatic carboxylic acids is 1. The highest BCUT2D eigenvalue weighted by molar-refractivity contribution is 5.66. The van der Waals surface area contributed by atoms with E-state index in [9.17, 15) is 4.79 Å².